The number of hydrogen-bond acceptors (Lipinski definition) is 4. The summed E-state index contributed by atoms with van der Waals surface area (Å²) in [6, 6.07) is 0. The van der Waals surface area contributed by atoms with Gasteiger partial charge in [0.2, 0.25) is 0 Å². The van der Waals surface area contributed by atoms with Crippen molar-refractivity contribution in [3.05, 3.63) is 22.8 Å². The molecule has 0 spiro atoms. The molecule has 2 saturated heterocycles. The maximum absolute atomic E-state index is 4.01. The van der Waals surface area contributed by atoms with Gasteiger partial charge in [0.15, 0.2) is 0 Å². The second kappa shape index (κ2) is 11.4. The molecular formula is C39H64N4P2. The molecule has 45 heavy (non-hydrogen) atoms. The van der Waals surface area contributed by atoms with Crippen LogP contribution >= 0.6 is 17.2 Å². The van der Waals surface area contributed by atoms with Gasteiger partial charge in [0.05, 0.1) is 17.5 Å². The molecule has 250 valence electrons. The highest BCUT2D eigenvalue weighted by Gasteiger charge is 2.63. The minimum Gasteiger partial charge on any atom is -0.301 e. The van der Waals surface area contributed by atoms with Gasteiger partial charge in [-0.05, 0) is 191 Å². The molecule has 9 aliphatic carbocycles. The lowest BCUT2D eigenvalue weighted by Gasteiger charge is -2.67. The van der Waals surface area contributed by atoms with Crippen LogP contribution in [0.2, 0.25) is 0 Å². The van der Waals surface area contributed by atoms with Gasteiger partial charge in [-0.3, -0.25) is 0 Å². The Balaban J connectivity index is 1.17. The summed E-state index contributed by atoms with van der Waals surface area (Å²) in [6.45, 7) is 11.9. The summed E-state index contributed by atoms with van der Waals surface area (Å²) in [6.07, 6.45) is 27.5. The van der Waals surface area contributed by atoms with Crippen LogP contribution in [0, 0.1) is 40.9 Å². The molecule has 0 aromatic heterocycles. The fraction of sp³-hybridized carbons (Fsp3) is 0.897. The molecule has 1 atom stereocenters. The Kier molecular flexibility index (Phi) is 7.87. The van der Waals surface area contributed by atoms with E-state index in [1.807, 2.05) is 0 Å². The third kappa shape index (κ3) is 5.27. The Morgan fingerprint density at radius 3 is 1.40 bits per heavy atom. The monoisotopic (exact) mass is 650 g/mol. The summed E-state index contributed by atoms with van der Waals surface area (Å²) in [5, 5.41) is 17.3. The van der Waals surface area contributed by atoms with Crippen LogP contribution in [0.15, 0.2) is 22.8 Å². The fourth-order valence-electron chi connectivity index (χ4n) is 14.0. The highest BCUT2D eigenvalue weighted by atomic mass is 31.1. The van der Waals surface area contributed by atoms with Gasteiger partial charge < -0.3 is 21.3 Å². The van der Waals surface area contributed by atoms with Crippen LogP contribution < -0.4 is 21.3 Å². The molecule has 11 rings (SSSR count). The quantitative estimate of drug-likeness (QED) is 0.216. The molecule has 0 amide bonds. The van der Waals surface area contributed by atoms with Crippen LogP contribution in [0.5, 0.6) is 0 Å². The third-order valence-electron chi connectivity index (χ3n) is 15.1. The molecule has 8 bridgehead atoms. The second-order valence-corrected chi connectivity index (χ2v) is 23.3. The van der Waals surface area contributed by atoms with Crippen molar-refractivity contribution in [3.8, 4) is 0 Å². The SMILES string of the molecule is CC(C)(C)C1=CC(CP(C23CC4CC(CC(C4)C2)C3)C23CC4CC(CC(C4)C2)C3)=C(C(P)(C2NCCCN2)C2NCCCN2)C1. The Bertz CT molecular complexity index is 1090. The van der Waals surface area contributed by atoms with E-state index in [0.717, 1.165) is 68.1 Å². The van der Waals surface area contributed by atoms with E-state index >= 15 is 0 Å². The molecule has 0 aromatic rings. The van der Waals surface area contributed by atoms with Crippen molar-refractivity contribution in [1.82, 2.24) is 21.3 Å². The maximum atomic E-state index is 4.01. The van der Waals surface area contributed by atoms with Crippen LogP contribution in [-0.4, -0.2) is 60.1 Å². The summed E-state index contributed by atoms with van der Waals surface area (Å²) in [4.78, 5) is 0. The molecule has 0 radical (unpaired) electrons. The van der Waals surface area contributed by atoms with E-state index in [1.165, 1.54) is 19.0 Å². The Labute approximate surface area is 278 Å². The summed E-state index contributed by atoms with van der Waals surface area (Å²) < 4.78 is 0. The fourth-order valence-corrected chi connectivity index (χ4v) is 19.9. The smallest absolute Gasteiger partial charge is 0.0732 e. The number of nitrogens with one attached hydrogen (secondary N) is 4. The molecule has 0 aromatic carbocycles. The number of rotatable bonds is 7. The molecular weight excluding hydrogens is 586 g/mol. The van der Waals surface area contributed by atoms with E-state index in [2.05, 4.69) is 57.4 Å². The average Bonchev–Trinajstić information content (AvgIpc) is 3.44. The van der Waals surface area contributed by atoms with Gasteiger partial charge in [0.25, 0.3) is 0 Å². The largest absolute Gasteiger partial charge is 0.301 e. The zero-order valence-corrected chi connectivity index (χ0v) is 30.9. The molecule has 2 aliphatic heterocycles. The Hall–Kier alpha value is 0.180. The lowest BCUT2D eigenvalue weighted by atomic mass is 9.55. The van der Waals surface area contributed by atoms with E-state index in [0.29, 0.717) is 10.3 Å². The zero-order valence-electron chi connectivity index (χ0n) is 28.9. The van der Waals surface area contributed by atoms with Crippen molar-refractivity contribution >= 4 is 17.2 Å². The highest BCUT2D eigenvalue weighted by Crippen LogP contribution is 2.79. The average molecular weight is 651 g/mol. The van der Waals surface area contributed by atoms with Gasteiger partial charge in [-0.25, -0.2) is 0 Å². The normalized spacial score (nSPS) is 44.2. The van der Waals surface area contributed by atoms with E-state index in [1.54, 1.807) is 93.8 Å². The molecule has 6 heteroatoms. The number of allylic oxidation sites excluding steroid dienone is 3. The Morgan fingerprint density at radius 2 is 1.04 bits per heavy atom. The van der Waals surface area contributed by atoms with Gasteiger partial charge in [-0.2, -0.15) is 0 Å². The van der Waals surface area contributed by atoms with Crippen LogP contribution in [-0.2, 0) is 0 Å². The van der Waals surface area contributed by atoms with Crippen molar-refractivity contribution in [3.63, 3.8) is 0 Å². The topological polar surface area (TPSA) is 48.1 Å². The van der Waals surface area contributed by atoms with Crippen molar-refractivity contribution < 1.29 is 0 Å². The van der Waals surface area contributed by atoms with E-state index in [9.17, 15) is 0 Å². The first-order chi connectivity index (χ1) is 21.6. The molecule has 1 unspecified atom stereocenters. The van der Waals surface area contributed by atoms with Crippen LogP contribution in [0.4, 0.5) is 0 Å². The van der Waals surface area contributed by atoms with Gasteiger partial charge in [0.1, 0.15) is 0 Å². The first-order valence-corrected chi connectivity index (χ1v) is 21.7. The van der Waals surface area contributed by atoms with Crippen LogP contribution in [0.1, 0.15) is 117 Å². The standard InChI is InChI=1S/C39H64N4P2/c1-36(2,3)32-16-31(33(17-32)39(44,34-40-6-4-7-41-34)35-42-8-5-9-43-35)24-45(37-18-25-10-26(19-37)12-27(11-25)20-37)38-21-28-13-29(22-38)15-30(14-28)23-38/h16,25-30,34-35,40-43H,4-15,17-24,44H2,1-3H3. The molecule has 10 fully saturated rings. The minimum atomic E-state index is -0.0797. The van der Waals surface area contributed by atoms with Crippen molar-refractivity contribution in [2.75, 3.05) is 32.3 Å². The third-order valence-corrected chi connectivity index (χ3v) is 20.2. The molecule has 4 N–H and O–H groups in total. The van der Waals surface area contributed by atoms with Crippen molar-refractivity contribution in [1.29, 1.82) is 0 Å². The maximum Gasteiger partial charge on any atom is 0.0732 e. The predicted octanol–water partition coefficient (Wildman–Crippen LogP) is 7.51. The zero-order chi connectivity index (χ0) is 30.6. The molecule has 8 saturated carbocycles. The van der Waals surface area contributed by atoms with E-state index < -0.39 is 0 Å². The van der Waals surface area contributed by atoms with Crippen molar-refractivity contribution in [2.24, 2.45) is 40.9 Å². The minimum absolute atomic E-state index is 0.0768. The van der Waals surface area contributed by atoms with Gasteiger partial charge in [-0.1, -0.05) is 40.3 Å². The first kappa shape index (κ1) is 31.2. The summed E-state index contributed by atoms with van der Waals surface area (Å²) in [5.41, 5.74) is 5.47. The summed E-state index contributed by atoms with van der Waals surface area (Å²) >= 11 is 0. The van der Waals surface area contributed by atoms with Gasteiger partial charge >= 0.3 is 0 Å². The first-order valence-electron chi connectivity index (χ1n) is 19.6. The highest BCUT2D eigenvalue weighted by molar-refractivity contribution is 7.61. The van der Waals surface area contributed by atoms with E-state index in [-0.39, 0.29) is 30.8 Å². The number of hydrogen-bond donors (Lipinski definition) is 4. The van der Waals surface area contributed by atoms with E-state index in [4.69, 9.17) is 0 Å². The van der Waals surface area contributed by atoms with Gasteiger partial charge in [0, 0.05) is 0 Å². The van der Waals surface area contributed by atoms with Crippen molar-refractivity contribution in [2.45, 2.75) is 145 Å². The molecule has 11 aliphatic rings. The van der Waals surface area contributed by atoms with Gasteiger partial charge in [-0.15, -0.1) is 9.24 Å². The predicted molar refractivity (Wildman–Crippen MR) is 194 cm³/mol. The molecule has 4 nitrogen and oxygen atoms in total. The molecule has 2 heterocycles. The van der Waals surface area contributed by atoms with Crippen LogP contribution in [0.25, 0.3) is 0 Å². The summed E-state index contributed by atoms with van der Waals surface area (Å²) in [7, 11) is 3.46. The second-order valence-electron chi connectivity index (χ2n) is 19.3. The Morgan fingerprint density at radius 1 is 0.667 bits per heavy atom. The van der Waals surface area contributed by atoms with Crippen LogP contribution in [0.3, 0.4) is 0 Å². The lowest BCUT2D eigenvalue weighted by molar-refractivity contribution is 0.0187. The summed E-state index contributed by atoms with van der Waals surface area (Å²) in [5.74, 6) is 6.33. The lowest BCUT2D eigenvalue weighted by Crippen LogP contribution is -2.71.